The number of rotatable bonds is 2. The van der Waals surface area contributed by atoms with E-state index in [1.165, 1.54) is 12.1 Å². The van der Waals surface area contributed by atoms with Crippen LogP contribution in [0.3, 0.4) is 0 Å². The van der Waals surface area contributed by atoms with Crippen LogP contribution in [0.15, 0.2) is 54.9 Å². The lowest BCUT2D eigenvalue weighted by Gasteiger charge is -2.06. The van der Waals surface area contributed by atoms with Crippen molar-refractivity contribution in [3.05, 3.63) is 71.8 Å². The third kappa shape index (κ3) is 2.01. The summed E-state index contributed by atoms with van der Waals surface area (Å²) in [5.74, 6) is -0.821. The fourth-order valence-corrected chi connectivity index (χ4v) is 2.14. The number of benzene rings is 2. The van der Waals surface area contributed by atoms with Gasteiger partial charge in [-0.05, 0) is 29.7 Å². The number of anilines is 1. The summed E-state index contributed by atoms with van der Waals surface area (Å²) >= 11 is 0. The number of fused-ring (bicyclic) bond motifs is 1. The normalized spacial score (nSPS) is 10.7. The topological polar surface area (TPSA) is 56.0 Å². The molecule has 0 aliphatic carbocycles. The number of nitrogens with two attached hydrogens (primary N) is 1. The molecule has 0 atom stereocenters. The number of pyridine rings is 1. The van der Waals surface area contributed by atoms with Crippen molar-refractivity contribution in [1.29, 1.82) is 0 Å². The number of ketones is 1. The van der Waals surface area contributed by atoms with Crippen molar-refractivity contribution in [2.75, 3.05) is 5.73 Å². The molecule has 0 saturated heterocycles. The highest BCUT2D eigenvalue weighted by Gasteiger charge is 2.13. The number of carbonyl (C=O) groups excluding carboxylic acids is 1. The third-order valence-corrected chi connectivity index (χ3v) is 3.19. The fourth-order valence-electron chi connectivity index (χ4n) is 2.14. The van der Waals surface area contributed by atoms with E-state index in [1.54, 1.807) is 30.6 Å². The second-order valence-electron chi connectivity index (χ2n) is 4.47. The van der Waals surface area contributed by atoms with Gasteiger partial charge < -0.3 is 5.73 Å². The Morgan fingerprint density at radius 2 is 2.00 bits per heavy atom. The molecule has 0 aliphatic rings. The average Bonchev–Trinajstić information content (AvgIpc) is 2.49. The van der Waals surface area contributed by atoms with Crippen molar-refractivity contribution in [3.8, 4) is 0 Å². The van der Waals surface area contributed by atoms with Crippen LogP contribution < -0.4 is 5.73 Å². The minimum atomic E-state index is -0.585. The number of halogens is 1. The summed E-state index contributed by atoms with van der Waals surface area (Å²) < 4.78 is 13.5. The van der Waals surface area contributed by atoms with Crippen molar-refractivity contribution in [1.82, 2.24) is 4.98 Å². The Kier molecular flexibility index (Phi) is 2.91. The molecule has 0 spiro atoms. The van der Waals surface area contributed by atoms with Gasteiger partial charge in [0.2, 0.25) is 0 Å². The van der Waals surface area contributed by atoms with Gasteiger partial charge in [-0.3, -0.25) is 9.78 Å². The maximum atomic E-state index is 13.5. The Labute approximate surface area is 114 Å². The standard InChI is InChI=1S/C16H11FN2O/c17-14-8-10(4-5-15(14)18)16(20)13-3-1-2-11-9-19-7-6-12(11)13/h1-9H,18H2. The van der Waals surface area contributed by atoms with Gasteiger partial charge in [0.1, 0.15) is 5.82 Å². The largest absolute Gasteiger partial charge is 0.396 e. The Bertz CT molecular complexity index is 809. The zero-order valence-electron chi connectivity index (χ0n) is 10.5. The predicted molar refractivity (Wildman–Crippen MR) is 76.0 cm³/mol. The zero-order chi connectivity index (χ0) is 14.1. The molecule has 3 aromatic rings. The molecule has 0 bridgehead atoms. The molecule has 4 heteroatoms. The smallest absolute Gasteiger partial charge is 0.193 e. The fraction of sp³-hybridized carbons (Fsp3) is 0. The Morgan fingerprint density at radius 3 is 2.80 bits per heavy atom. The highest BCUT2D eigenvalue weighted by molar-refractivity contribution is 6.16. The summed E-state index contributed by atoms with van der Waals surface area (Å²) in [5, 5.41) is 1.67. The summed E-state index contributed by atoms with van der Waals surface area (Å²) in [6, 6.07) is 11.2. The van der Waals surface area contributed by atoms with E-state index in [2.05, 4.69) is 4.98 Å². The summed E-state index contributed by atoms with van der Waals surface area (Å²) in [6.07, 6.45) is 3.32. The lowest BCUT2D eigenvalue weighted by atomic mass is 9.98. The van der Waals surface area contributed by atoms with Crippen LogP contribution in [0.4, 0.5) is 10.1 Å². The highest BCUT2D eigenvalue weighted by Crippen LogP contribution is 2.22. The van der Waals surface area contributed by atoms with E-state index in [1.807, 2.05) is 6.07 Å². The SMILES string of the molecule is Nc1ccc(C(=O)c2cccc3cnccc23)cc1F. The van der Waals surface area contributed by atoms with Gasteiger partial charge in [-0.25, -0.2) is 4.39 Å². The minimum Gasteiger partial charge on any atom is -0.396 e. The second-order valence-corrected chi connectivity index (χ2v) is 4.47. The van der Waals surface area contributed by atoms with Gasteiger partial charge in [0.25, 0.3) is 0 Å². The Morgan fingerprint density at radius 1 is 1.15 bits per heavy atom. The second kappa shape index (κ2) is 4.74. The van der Waals surface area contributed by atoms with Crippen LogP contribution in [0, 0.1) is 5.82 Å². The molecule has 3 rings (SSSR count). The van der Waals surface area contributed by atoms with E-state index in [4.69, 9.17) is 5.73 Å². The summed E-state index contributed by atoms with van der Waals surface area (Å²) in [4.78, 5) is 16.5. The molecule has 1 aromatic heterocycles. The van der Waals surface area contributed by atoms with E-state index in [-0.39, 0.29) is 17.0 Å². The van der Waals surface area contributed by atoms with Gasteiger partial charge in [0, 0.05) is 28.9 Å². The lowest BCUT2D eigenvalue weighted by molar-refractivity contribution is 0.104. The molecule has 0 aliphatic heterocycles. The van der Waals surface area contributed by atoms with Gasteiger partial charge in [-0.15, -0.1) is 0 Å². The van der Waals surface area contributed by atoms with E-state index >= 15 is 0 Å². The monoisotopic (exact) mass is 266 g/mol. The van der Waals surface area contributed by atoms with E-state index < -0.39 is 5.82 Å². The molecule has 0 fully saturated rings. The van der Waals surface area contributed by atoms with Crippen molar-refractivity contribution in [3.63, 3.8) is 0 Å². The van der Waals surface area contributed by atoms with Crippen molar-refractivity contribution < 1.29 is 9.18 Å². The molecule has 1 heterocycles. The molecule has 0 unspecified atom stereocenters. The quantitative estimate of drug-likeness (QED) is 0.572. The van der Waals surface area contributed by atoms with E-state index in [0.717, 1.165) is 16.8 Å². The maximum absolute atomic E-state index is 13.5. The first kappa shape index (κ1) is 12.3. The van der Waals surface area contributed by atoms with Crippen LogP contribution in [0.5, 0.6) is 0 Å². The van der Waals surface area contributed by atoms with Crippen LogP contribution >= 0.6 is 0 Å². The van der Waals surface area contributed by atoms with Gasteiger partial charge in [0.05, 0.1) is 5.69 Å². The van der Waals surface area contributed by atoms with Gasteiger partial charge in [0.15, 0.2) is 5.78 Å². The number of nitrogen functional groups attached to an aromatic ring is 1. The van der Waals surface area contributed by atoms with Crippen LogP contribution in [-0.4, -0.2) is 10.8 Å². The van der Waals surface area contributed by atoms with Crippen LogP contribution in [0.25, 0.3) is 10.8 Å². The minimum absolute atomic E-state index is 0.0312. The molecule has 0 amide bonds. The molecule has 0 saturated carbocycles. The predicted octanol–water partition coefficient (Wildman–Crippen LogP) is 3.19. The van der Waals surface area contributed by atoms with E-state index in [0.29, 0.717) is 5.56 Å². The molecule has 20 heavy (non-hydrogen) atoms. The molecule has 3 nitrogen and oxygen atoms in total. The summed E-state index contributed by atoms with van der Waals surface area (Å²) in [5.41, 5.74) is 6.26. The Balaban J connectivity index is 2.15. The number of aromatic nitrogens is 1. The number of nitrogens with zero attached hydrogens (tertiary/aromatic N) is 1. The number of carbonyl (C=O) groups is 1. The van der Waals surface area contributed by atoms with Crippen LogP contribution in [-0.2, 0) is 0 Å². The van der Waals surface area contributed by atoms with Gasteiger partial charge in [-0.1, -0.05) is 18.2 Å². The van der Waals surface area contributed by atoms with Crippen LogP contribution in [0.2, 0.25) is 0 Å². The summed E-state index contributed by atoms with van der Waals surface area (Å²) in [6.45, 7) is 0. The highest BCUT2D eigenvalue weighted by atomic mass is 19.1. The zero-order valence-corrected chi connectivity index (χ0v) is 10.5. The molecule has 0 radical (unpaired) electrons. The van der Waals surface area contributed by atoms with Gasteiger partial charge >= 0.3 is 0 Å². The first-order valence-corrected chi connectivity index (χ1v) is 6.09. The molecule has 98 valence electrons. The lowest BCUT2D eigenvalue weighted by Crippen LogP contribution is -2.04. The van der Waals surface area contributed by atoms with Crippen molar-refractivity contribution >= 4 is 22.2 Å². The average molecular weight is 266 g/mol. The van der Waals surface area contributed by atoms with Crippen molar-refractivity contribution in [2.24, 2.45) is 0 Å². The summed E-state index contributed by atoms with van der Waals surface area (Å²) in [7, 11) is 0. The van der Waals surface area contributed by atoms with Gasteiger partial charge in [-0.2, -0.15) is 0 Å². The number of hydrogen-bond donors (Lipinski definition) is 1. The molecule has 2 aromatic carbocycles. The number of hydrogen-bond acceptors (Lipinski definition) is 3. The van der Waals surface area contributed by atoms with Crippen molar-refractivity contribution in [2.45, 2.75) is 0 Å². The molecule has 2 N–H and O–H groups in total. The first-order valence-electron chi connectivity index (χ1n) is 6.09. The van der Waals surface area contributed by atoms with Crippen LogP contribution in [0.1, 0.15) is 15.9 Å². The van der Waals surface area contributed by atoms with E-state index in [9.17, 15) is 9.18 Å². The maximum Gasteiger partial charge on any atom is 0.193 e. The Hall–Kier alpha value is -2.75. The third-order valence-electron chi connectivity index (χ3n) is 3.19. The molecular formula is C16H11FN2O. The first-order chi connectivity index (χ1) is 9.66. The molecular weight excluding hydrogens is 255 g/mol.